The molecule has 0 radical (unpaired) electrons. The van der Waals surface area contributed by atoms with Crippen LogP contribution in [0.2, 0.25) is 0 Å². The SMILES string of the molecule is CNCC(=O)c1ccc(-n2cc[nH]c2=O)cc1. The average molecular weight is 231 g/mol. The molecule has 0 unspecified atom stereocenters. The second-order valence-corrected chi connectivity index (χ2v) is 3.64. The maximum absolute atomic E-state index is 11.6. The average Bonchev–Trinajstić information content (AvgIpc) is 2.76. The van der Waals surface area contributed by atoms with Crippen LogP contribution < -0.4 is 11.0 Å². The van der Waals surface area contributed by atoms with Crippen molar-refractivity contribution in [1.82, 2.24) is 14.9 Å². The Kier molecular flexibility index (Phi) is 3.20. The summed E-state index contributed by atoms with van der Waals surface area (Å²) in [7, 11) is 1.73. The fourth-order valence-corrected chi connectivity index (χ4v) is 1.59. The van der Waals surface area contributed by atoms with Crippen molar-refractivity contribution < 1.29 is 4.79 Å². The van der Waals surface area contributed by atoms with E-state index in [9.17, 15) is 9.59 Å². The van der Waals surface area contributed by atoms with Crippen molar-refractivity contribution in [2.75, 3.05) is 13.6 Å². The molecule has 17 heavy (non-hydrogen) atoms. The summed E-state index contributed by atoms with van der Waals surface area (Å²) in [6.07, 6.45) is 3.22. The Hall–Kier alpha value is -2.14. The quantitative estimate of drug-likeness (QED) is 0.756. The Morgan fingerprint density at radius 1 is 1.35 bits per heavy atom. The van der Waals surface area contributed by atoms with Gasteiger partial charge in [0.05, 0.1) is 12.2 Å². The lowest BCUT2D eigenvalue weighted by Gasteiger charge is -2.03. The number of carbonyl (C=O) groups excluding carboxylic acids is 1. The molecule has 0 amide bonds. The van der Waals surface area contributed by atoms with Crippen molar-refractivity contribution in [3.63, 3.8) is 0 Å². The van der Waals surface area contributed by atoms with Gasteiger partial charge in [0.15, 0.2) is 5.78 Å². The van der Waals surface area contributed by atoms with Crippen LogP contribution in [0.3, 0.4) is 0 Å². The summed E-state index contributed by atoms with van der Waals surface area (Å²) in [5.41, 5.74) is 1.17. The summed E-state index contributed by atoms with van der Waals surface area (Å²) in [6, 6.07) is 6.93. The Balaban J connectivity index is 2.28. The Morgan fingerprint density at radius 3 is 2.59 bits per heavy atom. The Labute approximate surface area is 98.1 Å². The number of hydrogen-bond donors (Lipinski definition) is 2. The smallest absolute Gasteiger partial charge is 0.313 e. The first kappa shape index (κ1) is 11.3. The zero-order valence-electron chi connectivity index (χ0n) is 9.43. The highest BCUT2D eigenvalue weighted by molar-refractivity contribution is 5.97. The van der Waals surface area contributed by atoms with Gasteiger partial charge in [0, 0.05) is 18.0 Å². The van der Waals surface area contributed by atoms with Crippen LogP contribution in [0.25, 0.3) is 5.69 Å². The van der Waals surface area contributed by atoms with E-state index >= 15 is 0 Å². The van der Waals surface area contributed by atoms with Crippen molar-refractivity contribution in [2.45, 2.75) is 0 Å². The number of Topliss-reactive ketones (excluding diaryl/α,β-unsaturated/α-hetero) is 1. The fraction of sp³-hybridized carbons (Fsp3) is 0.167. The van der Waals surface area contributed by atoms with Gasteiger partial charge in [0.25, 0.3) is 0 Å². The van der Waals surface area contributed by atoms with E-state index in [1.54, 1.807) is 43.7 Å². The summed E-state index contributed by atoms with van der Waals surface area (Å²) < 4.78 is 1.48. The van der Waals surface area contributed by atoms with E-state index in [4.69, 9.17) is 0 Å². The van der Waals surface area contributed by atoms with Crippen LogP contribution in [0.1, 0.15) is 10.4 Å². The molecule has 0 spiro atoms. The number of hydrogen-bond acceptors (Lipinski definition) is 3. The molecule has 2 rings (SSSR count). The molecule has 0 aliphatic carbocycles. The number of ketones is 1. The topological polar surface area (TPSA) is 66.9 Å². The molecule has 0 atom stereocenters. The highest BCUT2D eigenvalue weighted by Gasteiger charge is 2.05. The monoisotopic (exact) mass is 231 g/mol. The van der Waals surface area contributed by atoms with E-state index in [0.29, 0.717) is 12.1 Å². The van der Waals surface area contributed by atoms with Gasteiger partial charge in [0.2, 0.25) is 0 Å². The summed E-state index contributed by atoms with van der Waals surface area (Å²) in [5.74, 6) is 0.0282. The molecule has 5 heteroatoms. The van der Waals surface area contributed by atoms with Crippen LogP contribution in [-0.4, -0.2) is 28.9 Å². The molecule has 0 aliphatic rings. The molecule has 1 aromatic heterocycles. The first-order chi connectivity index (χ1) is 8.22. The normalized spacial score (nSPS) is 10.4. The number of rotatable bonds is 4. The summed E-state index contributed by atoms with van der Waals surface area (Å²) >= 11 is 0. The van der Waals surface area contributed by atoms with Crippen molar-refractivity contribution in [3.8, 4) is 5.69 Å². The molecule has 1 heterocycles. The molecule has 0 aliphatic heterocycles. The number of H-pyrrole nitrogens is 1. The molecular formula is C12H13N3O2. The molecule has 0 saturated carbocycles. The second kappa shape index (κ2) is 4.80. The van der Waals surface area contributed by atoms with Gasteiger partial charge in [-0.2, -0.15) is 0 Å². The van der Waals surface area contributed by atoms with Gasteiger partial charge in [-0.3, -0.25) is 9.36 Å². The highest BCUT2D eigenvalue weighted by Crippen LogP contribution is 2.08. The lowest BCUT2D eigenvalue weighted by atomic mass is 10.1. The number of aromatic amines is 1. The molecule has 2 N–H and O–H groups in total. The third-order valence-electron chi connectivity index (χ3n) is 2.45. The third-order valence-corrected chi connectivity index (χ3v) is 2.45. The highest BCUT2D eigenvalue weighted by atomic mass is 16.1. The van der Waals surface area contributed by atoms with E-state index in [0.717, 1.165) is 5.69 Å². The minimum absolute atomic E-state index is 0.0282. The Bertz CT molecular complexity index is 566. The van der Waals surface area contributed by atoms with E-state index in [1.807, 2.05) is 0 Å². The molecule has 5 nitrogen and oxygen atoms in total. The number of nitrogens with zero attached hydrogens (tertiary/aromatic N) is 1. The van der Waals surface area contributed by atoms with Crippen LogP contribution in [0.5, 0.6) is 0 Å². The zero-order chi connectivity index (χ0) is 12.3. The Morgan fingerprint density at radius 2 is 2.06 bits per heavy atom. The number of nitrogens with one attached hydrogen (secondary N) is 2. The molecule has 0 fully saturated rings. The predicted octanol–water partition coefficient (Wildman–Crippen LogP) is 0.568. The minimum atomic E-state index is -0.195. The van der Waals surface area contributed by atoms with Gasteiger partial charge >= 0.3 is 5.69 Å². The van der Waals surface area contributed by atoms with Crippen LogP contribution in [-0.2, 0) is 0 Å². The van der Waals surface area contributed by atoms with E-state index in [1.165, 1.54) is 4.57 Å². The van der Waals surface area contributed by atoms with Gasteiger partial charge in [-0.15, -0.1) is 0 Å². The lowest BCUT2D eigenvalue weighted by Crippen LogP contribution is -2.18. The maximum Gasteiger partial charge on any atom is 0.330 e. The van der Waals surface area contributed by atoms with Gasteiger partial charge in [-0.25, -0.2) is 4.79 Å². The van der Waals surface area contributed by atoms with Crippen LogP contribution in [0.15, 0.2) is 41.5 Å². The first-order valence-corrected chi connectivity index (χ1v) is 5.26. The second-order valence-electron chi connectivity index (χ2n) is 3.64. The maximum atomic E-state index is 11.6. The fourth-order valence-electron chi connectivity index (χ4n) is 1.59. The third kappa shape index (κ3) is 2.34. The van der Waals surface area contributed by atoms with E-state index < -0.39 is 0 Å². The number of aromatic nitrogens is 2. The molecule has 88 valence electrons. The molecule has 0 bridgehead atoms. The van der Waals surface area contributed by atoms with Gasteiger partial charge < -0.3 is 10.3 Å². The lowest BCUT2D eigenvalue weighted by molar-refractivity contribution is 0.0993. The minimum Gasteiger partial charge on any atom is -0.313 e. The largest absolute Gasteiger partial charge is 0.330 e. The van der Waals surface area contributed by atoms with Crippen molar-refractivity contribution in [1.29, 1.82) is 0 Å². The number of imidazole rings is 1. The molecule has 0 saturated heterocycles. The standard InChI is InChI=1S/C12H13N3O2/c1-13-8-11(16)9-2-4-10(5-3-9)15-7-6-14-12(15)17/h2-7,13H,8H2,1H3,(H,14,17). The van der Waals surface area contributed by atoms with Crippen LogP contribution in [0, 0.1) is 0 Å². The van der Waals surface area contributed by atoms with Gasteiger partial charge in [-0.05, 0) is 31.3 Å². The van der Waals surface area contributed by atoms with Crippen LogP contribution >= 0.6 is 0 Å². The van der Waals surface area contributed by atoms with Crippen molar-refractivity contribution in [2.24, 2.45) is 0 Å². The first-order valence-electron chi connectivity index (χ1n) is 5.26. The number of carbonyl (C=O) groups is 1. The van der Waals surface area contributed by atoms with Gasteiger partial charge in [0.1, 0.15) is 0 Å². The number of benzene rings is 1. The molecular weight excluding hydrogens is 218 g/mol. The van der Waals surface area contributed by atoms with Crippen LogP contribution in [0.4, 0.5) is 0 Å². The summed E-state index contributed by atoms with van der Waals surface area (Å²) in [5, 5.41) is 2.81. The molecule has 1 aromatic carbocycles. The summed E-state index contributed by atoms with van der Waals surface area (Å²) in [6.45, 7) is 0.309. The van der Waals surface area contributed by atoms with Crippen molar-refractivity contribution in [3.05, 3.63) is 52.7 Å². The van der Waals surface area contributed by atoms with E-state index in [2.05, 4.69) is 10.3 Å². The summed E-state index contributed by atoms with van der Waals surface area (Å²) in [4.78, 5) is 25.5. The van der Waals surface area contributed by atoms with E-state index in [-0.39, 0.29) is 11.5 Å². The molecule has 2 aromatic rings. The zero-order valence-corrected chi connectivity index (χ0v) is 9.43. The van der Waals surface area contributed by atoms with Gasteiger partial charge in [-0.1, -0.05) is 0 Å². The predicted molar refractivity (Wildman–Crippen MR) is 64.6 cm³/mol. The number of likely N-dealkylation sites (N-methyl/N-ethyl adjacent to an activating group) is 1. The van der Waals surface area contributed by atoms with Crippen molar-refractivity contribution >= 4 is 5.78 Å².